The first-order valence-corrected chi connectivity index (χ1v) is 6.09. The van der Waals surface area contributed by atoms with Crippen LogP contribution in [0.3, 0.4) is 0 Å². The monoisotopic (exact) mass is 223 g/mol. The maximum absolute atomic E-state index is 12.4. The molecular formula is C13H21NO2. The zero-order valence-corrected chi connectivity index (χ0v) is 10.8. The van der Waals surface area contributed by atoms with Gasteiger partial charge < -0.3 is 5.32 Å². The molecule has 4 unspecified atom stereocenters. The molecule has 1 N–H and O–H groups in total. The summed E-state index contributed by atoms with van der Waals surface area (Å²) in [7, 11) is 0. The Balaban J connectivity index is 2.38. The van der Waals surface area contributed by atoms with Crippen molar-refractivity contribution in [1.29, 1.82) is 0 Å². The maximum Gasteiger partial charge on any atom is 0.223 e. The van der Waals surface area contributed by atoms with E-state index in [0.29, 0.717) is 12.3 Å². The molecule has 1 aliphatic carbocycles. The van der Waals surface area contributed by atoms with Gasteiger partial charge in [-0.1, -0.05) is 34.6 Å². The molecule has 3 heteroatoms. The molecule has 3 nitrogen and oxygen atoms in total. The lowest BCUT2D eigenvalue weighted by Gasteiger charge is -2.57. The van der Waals surface area contributed by atoms with Crippen LogP contribution >= 0.6 is 0 Å². The first-order valence-electron chi connectivity index (χ1n) is 6.09. The second-order valence-electron chi connectivity index (χ2n) is 6.18. The van der Waals surface area contributed by atoms with Crippen molar-refractivity contribution in [3.05, 3.63) is 0 Å². The van der Waals surface area contributed by atoms with E-state index in [1.807, 2.05) is 6.92 Å². The highest BCUT2D eigenvalue weighted by Gasteiger charge is 2.62. The minimum atomic E-state index is -0.550. The lowest BCUT2D eigenvalue weighted by Crippen LogP contribution is -2.75. The Hall–Kier alpha value is -0.860. The van der Waals surface area contributed by atoms with Gasteiger partial charge in [0.15, 0.2) is 5.78 Å². The Bertz CT molecular complexity index is 351. The van der Waals surface area contributed by atoms with Crippen LogP contribution in [0.15, 0.2) is 0 Å². The van der Waals surface area contributed by atoms with E-state index in [0.717, 1.165) is 0 Å². The van der Waals surface area contributed by atoms with Gasteiger partial charge in [-0.3, -0.25) is 9.59 Å². The van der Waals surface area contributed by atoms with Gasteiger partial charge in [-0.05, 0) is 17.3 Å². The second kappa shape index (κ2) is 3.08. The minimum absolute atomic E-state index is 0.0132. The molecule has 2 aliphatic rings. The second-order valence-corrected chi connectivity index (χ2v) is 6.18. The molecule has 1 spiro atoms. The highest BCUT2D eigenvalue weighted by molar-refractivity contribution is 6.04. The van der Waals surface area contributed by atoms with Gasteiger partial charge in [-0.15, -0.1) is 0 Å². The molecule has 0 aromatic heterocycles. The Morgan fingerprint density at radius 1 is 1.12 bits per heavy atom. The third-order valence-electron chi connectivity index (χ3n) is 5.45. The van der Waals surface area contributed by atoms with Crippen LogP contribution in [0.2, 0.25) is 0 Å². The van der Waals surface area contributed by atoms with Gasteiger partial charge in [0.1, 0.15) is 5.54 Å². The van der Waals surface area contributed by atoms with Gasteiger partial charge in [0.25, 0.3) is 0 Å². The summed E-state index contributed by atoms with van der Waals surface area (Å²) >= 11 is 0. The number of Topliss-reactive ketones (excluding diaryl/α,β-unsaturated/α-hetero) is 1. The van der Waals surface area contributed by atoms with Crippen molar-refractivity contribution in [3.63, 3.8) is 0 Å². The molecule has 0 bridgehead atoms. The van der Waals surface area contributed by atoms with Crippen LogP contribution in [0.25, 0.3) is 0 Å². The third kappa shape index (κ3) is 1.14. The Kier molecular flexibility index (Phi) is 2.24. The average molecular weight is 223 g/mol. The fraction of sp³-hybridized carbons (Fsp3) is 0.846. The summed E-state index contributed by atoms with van der Waals surface area (Å²) in [6.45, 7) is 10.6. The van der Waals surface area contributed by atoms with Crippen LogP contribution < -0.4 is 5.32 Å². The number of amides is 1. The molecule has 1 aliphatic heterocycles. The van der Waals surface area contributed by atoms with Gasteiger partial charge >= 0.3 is 0 Å². The number of carbonyl (C=O) groups excluding carboxylic acids is 2. The topological polar surface area (TPSA) is 46.2 Å². The van der Waals surface area contributed by atoms with Gasteiger partial charge in [-0.25, -0.2) is 0 Å². The van der Waals surface area contributed by atoms with Crippen molar-refractivity contribution < 1.29 is 9.59 Å². The van der Waals surface area contributed by atoms with Crippen molar-refractivity contribution in [2.24, 2.45) is 23.2 Å². The zero-order valence-electron chi connectivity index (χ0n) is 10.8. The third-order valence-corrected chi connectivity index (χ3v) is 5.45. The van der Waals surface area contributed by atoms with E-state index >= 15 is 0 Å². The number of β-lactam (4-membered cyclic amide) rings is 1. The summed E-state index contributed by atoms with van der Waals surface area (Å²) in [5.41, 5.74) is -0.534. The molecule has 0 aromatic rings. The lowest BCUT2D eigenvalue weighted by molar-refractivity contribution is -0.162. The molecule has 4 atom stereocenters. The van der Waals surface area contributed by atoms with E-state index in [1.54, 1.807) is 0 Å². The van der Waals surface area contributed by atoms with Crippen molar-refractivity contribution >= 4 is 11.7 Å². The molecule has 90 valence electrons. The Morgan fingerprint density at radius 3 is 2.06 bits per heavy atom. The van der Waals surface area contributed by atoms with Crippen molar-refractivity contribution in [3.8, 4) is 0 Å². The largest absolute Gasteiger partial charge is 0.343 e. The van der Waals surface area contributed by atoms with Crippen LogP contribution in [0, 0.1) is 23.2 Å². The highest BCUT2D eigenvalue weighted by atomic mass is 16.2. The summed E-state index contributed by atoms with van der Waals surface area (Å²) in [6, 6.07) is 0. The van der Waals surface area contributed by atoms with Gasteiger partial charge in [-0.2, -0.15) is 0 Å². The van der Waals surface area contributed by atoms with E-state index in [-0.39, 0.29) is 28.9 Å². The van der Waals surface area contributed by atoms with E-state index in [1.165, 1.54) is 0 Å². The number of nitrogens with one attached hydrogen (secondary N) is 1. The quantitative estimate of drug-likeness (QED) is 0.636. The normalized spacial score (nSPS) is 46.4. The molecule has 2 fully saturated rings. The van der Waals surface area contributed by atoms with Crippen LogP contribution in [0.5, 0.6) is 0 Å². The SMILES string of the molecule is CC1C(C)C(C)(C)C(C)C(=O)C12CC(=O)N2. The molecule has 1 saturated carbocycles. The molecule has 2 rings (SSSR count). The smallest absolute Gasteiger partial charge is 0.223 e. The molecule has 0 radical (unpaired) electrons. The van der Waals surface area contributed by atoms with E-state index < -0.39 is 5.54 Å². The molecule has 1 amide bonds. The van der Waals surface area contributed by atoms with Gasteiger partial charge in [0.2, 0.25) is 5.91 Å². The van der Waals surface area contributed by atoms with Gasteiger partial charge in [0, 0.05) is 5.92 Å². The summed E-state index contributed by atoms with van der Waals surface area (Å²) in [5, 5.41) is 2.87. The van der Waals surface area contributed by atoms with Crippen LogP contribution in [0.4, 0.5) is 0 Å². The van der Waals surface area contributed by atoms with Crippen molar-refractivity contribution in [1.82, 2.24) is 5.32 Å². The number of hydrogen-bond acceptors (Lipinski definition) is 2. The molecule has 1 saturated heterocycles. The Morgan fingerprint density at radius 2 is 1.62 bits per heavy atom. The first-order chi connectivity index (χ1) is 7.23. The predicted molar refractivity (Wildman–Crippen MR) is 61.8 cm³/mol. The summed E-state index contributed by atoms with van der Waals surface area (Å²) in [6.07, 6.45) is 0.387. The fourth-order valence-electron chi connectivity index (χ4n) is 3.32. The van der Waals surface area contributed by atoms with Gasteiger partial charge in [0.05, 0.1) is 6.42 Å². The summed E-state index contributed by atoms with van der Waals surface area (Å²) < 4.78 is 0. The maximum atomic E-state index is 12.4. The van der Waals surface area contributed by atoms with Crippen LogP contribution in [-0.4, -0.2) is 17.2 Å². The first kappa shape index (κ1) is 11.6. The minimum Gasteiger partial charge on any atom is -0.343 e. The predicted octanol–water partition coefficient (Wildman–Crippen LogP) is 1.76. The van der Waals surface area contributed by atoms with Crippen LogP contribution in [0.1, 0.15) is 41.0 Å². The molecule has 0 aromatic carbocycles. The van der Waals surface area contributed by atoms with Crippen molar-refractivity contribution in [2.75, 3.05) is 0 Å². The molecule has 1 heterocycles. The number of carbonyl (C=O) groups is 2. The van der Waals surface area contributed by atoms with E-state index in [2.05, 4.69) is 33.0 Å². The van der Waals surface area contributed by atoms with E-state index in [4.69, 9.17) is 0 Å². The van der Waals surface area contributed by atoms with Crippen molar-refractivity contribution in [2.45, 2.75) is 46.6 Å². The van der Waals surface area contributed by atoms with E-state index in [9.17, 15) is 9.59 Å². The Labute approximate surface area is 97.0 Å². The molecular weight excluding hydrogens is 202 g/mol. The average Bonchev–Trinajstić information content (AvgIpc) is 2.18. The van der Waals surface area contributed by atoms with Crippen LogP contribution in [-0.2, 0) is 9.59 Å². The number of rotatable bonds is 0. The fourth-order valence-corrected chi connectivity index (χ4v) is 3.32. The number of ketones is 1. The highest BCUT2D eigenvalue weighted by Crippen LogP contribution is 2.52. The lowest BCUT2D eigenvalue weighted by atomic mass is 9.50. The summed E-state index contributed by atoms with van der Waals surface area (Å²) in [4.78, 5) is 23.6. The summed E-state index contributed by atoms with van der Waals surface area (Å²) in [5.74, 6) is 0.908. The number of hydrogen-bond donors (Lipinski definition) is 1. The standard InChI is InChI=1S/C13H21NO2/c1-7-8(2)13(6-10(15)14-13)11(16)9(3)12(7,4)5/h7-9H,6H2,1-5H3,(H,14,15). The zero-order chi connectivity index (χ0) is 12.3. The molecule has 16 heavy (non-hydrogen) atoms.